The van der Waals surface area contributed by atoms with Crippen LogP contribution in [0.1, 0.15) is 32.6 Å². The third-order valence-corrected chi connectivity index (χ3v) is 4.12. The zero-order valence-electron chi connectivity index (χ0n) is 10.8. The van der Waals surface area contributed by atoms with E-state index in [1.54, 1.807) is 12.1 Å². The van der Waals surface area contributed by atoms with Crippen molar-refractivity contribution in [3.05, 3.63) is 70.0 Å². The average Bonchev–Trinajstić information content (AvgIpc) is 2.27. The van der Waals surface area contributed by atoms with E-state index in [4.69, 9.17) is 0 Å². The van der Waals surface area contributed by atoms with Gasteiger partial charge >= 0.3 is 0 Å². The number of hydrogen-bond acceptors (Lipinski definition) is 0. The van der Waals surface area contributed by atoms with E-state index >= 15 is 0 Å². The number of rotatable bonds is 2. The maximum Gasteiger partial charge on any atom is 0.123 e. The molecule has 0 aromatic heterocycles. The van der Waals surface area contributed by atoms with Gasteiger partial charge in [-0.15, -0.1) is 0 Å². The lowest BCUT2D eigenvalue weighted by Gasteiger charge is -2.17. The lowest BCUT2D eigenvalue weighted by atomic mass is 9.94. The highest BCUT2D eigenvalue weighted by molar-refractivity contribution is 9.09. The minimum atomic E-state index is -0.195. The van der Waals surface area contributed by atoms with Gasteiger partial charge in [0.25, 0.3) is 0 Å². The Labute approximate surface area is 116 Å². The molecule has 0 spiro atoms. The fraction of sp³-hybridized carbons (Fsp3) is 0.250. The fourth-order valence-corrected chi connectivity index (χ4v) is 3.43. The minimum absolute atomic E-state index is 0.0359. The molecular formula is C16H16BrF. The van der Waals surface area contributed by atoms with Gasteiger partial charge in [0.15, 0.2) is 0 Å². The van der Waals surface area contributed by atoms with Crippen LogP contribution in [0.5, 0.6) is 0 Å². The Bertz CT molecular complexity index is 552. The maximum atomic E-state index is 13.3. The molecule has 0 saturated heterocycles. The molecule has 0 aliphatic carbocycles. The molecule has 18 heavy (non-hydrogen) atoms. The van der Waals surface area contributed by atoms with E-state index in [9.17, 15) is 4.39 Å². The first-order valence-electron chi connectivity index (χ1n) is 5.96. The maximum absolute atomic E-state index is 13.3. The summed E-state index contributed by atoms with van der Waals surface area (Å²) in [5.41, 5.74) is 5.90. The van der Waals surface area contributed by atoms with Crippen molar-refractivity contribution < 1.29 is 4.39 Å². The number of hydrogen-bond donors (Lipinski definition) is 0. The van der Waals surface area contributed by atoms with Crippen molar-refractivity contribution in [2.24, 2.45) is 0 Å². The molecule has 0 aliphatic rings. The highest BCUT2D eigenvalue weighted by atomic mass is 79.9. The molecular weight excluding hydrogens is 291 g/mol. The molecule has 0 heterocycles. The summed E-state index contributed by atoms with van der Waals surface area (Å²) in [4.78, 5) is 0.0359. The van der Waals surface area contributed by atoms with Gasteiger partial charge in [-0.05, 0) is 55.2 Å². The van der Waals surface area contributed by atoms with Crippen LogP contribution in [-0.2, 0) is 0 Å². The average molecular weight is 307 g/mol. The second kappa shape index (κ2) is 5.23. The summed E-state index contributed by atoms with van der Waals surface area (Å²) >= 11 is 3.69. The third-order valence-electron chi connectivity index (χ3n) is 3.13. The van der Waals surface area contributed by atoms with E-state index in [1.807, 2.05) is 6.07 Å². The molecule has 0 bridgehead atoms. The van der Waals surface area contributed by atoms with Crippen LogP contribution < -0.4 is 0 Å². The first kappa shape index (κ1) is 13.3. The number of alkyl halides is 1. The molecule has 0 radical (unpaired) electrons. The summed E-state index contributed by atoms with van der Waals surface area (Å²) in [6.07, 6.45) is 0. The highest BCUT2D eigenvalue weighted by Gasteiger charge is 2.16. The highest BCUT2D eigenvalue weighted by Crippen LogP contribution is 2.35. The normalized spacial score (nSPS) is 12.5. The molecule has 94 valence electrons. The predicted octanol–water partition coefficient (Wildman–Crippen LogP) is 5.24. The second-order valence-electron chi connectivity index (χ2n) is 4.73. The van der Waals surface area contributed by atoms with E-state index in [-0.39, 0.29) is 10.6 Å². The van der Waals surface area contributed by atoms with Gasteiger partial charge in [0.05, 0.1) is 4.83 Å². The number of aryl methyl sites for hydroxylation is 3. The van der Waals surface area contributed by atoms with Gasteiger partial charge < -0.3 is 0 Å². The molecule has 2 aromatic rings. The summed E-state index contributed by atoms with van der Waals surface area (Å²) in [6.45, 7) is 6.29. The van der Waals surface area contributed by atoms with Crippen molar-refractivity contribution in [1.82, 2.24) is 0 Å². The lowest BCUT2D eigenvalue weighted by Crippen LogP contribution is -2.00. The number of benzene rings is 2. The van der Waals surface area contributed by atoms with Gasteiger partial charge in [-0.1, -0.05) is 45.8 Å². The Morgan fingerprint density at radius 2 is 1.61 bits per heavy atom. The topological polar surface area (TPSA) is 0 Å². The quantitative estimate of drug-likeness (QED) is 0.666. The van der Waals surface area contributed by atoms with Crippen LogP contribution in [0.25, 0.3) is 0 Å². The van der Waals surface area contributed by atoms with Crippen LogP contribution in [0.3, 0.4) is 0 Å². The molecule has 0 amide bonds. The molecule has 0 saturated carbocycles. The summed E-state index contributed by atoms with van der Waals surface area (Å²) in [5.74, 6) is -0.195. The van der Waals surface area contributed by atoms with Crippen LogP contribution in [0.15, 0.2) is 36.4 Å². The van der Waals surface area contributed by atoms with E-state index in [2.05, 4.69) is 48.8 Å². The molecule has 1 atom stereocenters. The Kier molecular flexibility index (Phi) is 3.86. The third kappa shape index (κ3) is 2.64. The summed E-state index contributed by atoms with van der Waals surface area (Å²) in [7, 11) is 0. The van der Waals surface area contributed by atoms with Gasteiger partial charge in [0, 0.05) is 0 Å². The van der Waals surface area contributed by atoms with Crippen molar-refractivity contribution in [2.45, 2.75) is 25.6 Å². The van der Waals surface area contributed by atoms with Crippen LogP contribution in [0, 0.1) is 26.6 Å². The van der Waals surface area contributed by atoms with E-state index < -0.39 is 0 Å². The Morgan fingerprint density at radius 3 is 2.17 bits per heavy atom. The fourth-order valence-electron chi connectivity index (χ4n) is 2.42. The Balaban J connectivity index is 2.49. The van der Waals surface area contributed by atoms with E-state index in [1.165, 1.54) is 28.3 Å². The Morgan fingerprint density at radius 1 is 1.00 bits per heavy atom. The van der Waals surface area contributed by atoms with E-state index in [0.29, 0.717) is 0 Å². The van der Waals surface area contributed by atoms with Gasteiger partial charge in [-0.2, -0.15) is 0 Å². The predicted molar refractivity (Wildman–Crippen MR) is 77.8 cm³/mol. The van der Waals surface area contributed by atoms with Crippen LogP contribution in [0.4, 0.5) is 4.39 Å². The lowest BCUT2D eigenvalue weighted by molar-refractivity contribution is 0.626. The van der Waals surface area contributed by atoms with Gasteiger partial charge in [-0.25, -0.2) is 4.39 Å². The zero-order valence-corrected chi connectivity index (χ0v) is 12.4. The minimum Gasteiger partial charge on any atom is -0.207 e. The number of halogens is 2. The SMILES string of the molecule is Cc1cc(C)c(C(Br)c2cccc(F)c2)c(C)c1. The Hall–Kier alpha value is -1.15. The van der Waals surface area contributed by atoms with Gasteiger partial charge in [0.1, 0.15) is 5.82 Å². The van der Waals surface area contributed by atoms with Crippen molar-refractivity contribution in [2.75, 3.05) is 0 Å². The molecule has 0 fully saturated rings. The van der Waals surface area contributed by atoms with E-state index in [0.717, 1.165) is 5.56 Å². The molecule has 2 rings (SSSR count). The summed E-state index contributed by atoms with van der Waals surface area (Å²) in [5, 5.41) is 0. The van der Waals surface area contributed by atoms with Crippen molar-refractivity contribution in [3.8, 4) is 0 Å². The molecule has 0 nitrogen and oxygen atoms in total. The van der Waals surface area contributed by atoms with Crippen LogP contribution >= 0.6 is 15.9 Å². The molecule has 2 heteroatoms. The molecule has 0 N–H and O–H groups in total. The summed E-state index contributed by atoms with van der Waals surface area (Å²) in [6, 6.07) is 11.1. The first-order valence-corrected chi connectivity index (χ1v) is 6.88. The summed E-state index contributed by atoms with van der Waals surface area (Å²) < 4.78 is 13.3. The van der Waals surface area contributed by atoms with Crippen LogP contribution in [-0.4, -0.2) is 0 Å². The van der Waals surface area contributed by atoms with Crippen molar-refractivity contribution >= 4 is 15.9 Å². The zero-order chi connectivity index (χ0) is 13.3. The first-order chi connectivity index (χ1) is 8.49. The standard InChI is InChI=1S/C16H16BrF/c1-10-7-11(2)15(12(3)8-10)16(17)13-5-4-6-14(18)9-13/h4-9,16H,1-3H3. The smallest absolute Gasteiger partial charge is 0.123 e. The van der Waals surface area contributed by atoms with Gasteiger partial charge in [0.2, 0.25) is 0 Å². The molecule has 0 aliphatic heterocycles. The van der Waals surface area contributed by atoms with Gasteiger partial charge in [-0.3, -0.25) is 0 Å². The van der Waals surface area contributed by atoms with Crippen molar-refractivity contribution in [1.29, 1.82) is 0 Å². The van der Waals surface area contributed by atoms with Crippen LogP contribution in [0.2, 0.25) is 0 Å². The van der Waals surface area contributed by atoms with Crippen molar-refractivity contribution in [3.63, 3.8) is 0 Å². The molecule has 1 unspecified atom stereocenters. The monoisotopic (exact) mass is 306 g/mol. The second-order valence-corrected chi connectivity index (χ2v) is 5.65. The molecule has 2 aromatic carbocycles. The largest absolute Gasteiger partial charge is 0.207 e.